The maximum Gasteiger partial charge on any atom is 0.252 e. The number of piperidine rings is 1. The molecular formula is C18H21Cl2N3O2. The van der Waals surface area contributed by atoms with Crippen LogP contribution in [0.5, 0.6) is 5.75 Å². The summed E-state index contributed by atoms with van der Waals surface area (Å²) in [4.78, 5) is 14.0. The highest BCUT2D eigenvalue weighted by Crippen LogP contribution is 2.38. The Morgan fingerprint density at radius 1 is 1.20 bits per heavy atom. The molecule has 1 saturated heterocycles. The van der Waals surface area contributed by atoms with Gasteiger partial charge in [-0.05, 0) is 30.9 Å². The summed E-state index contributed by atoms with van der Waals surface area (Å²) in [6, 6.07) is 6.39. The molecule has 3 rings (SSSR count). The van der Waals surface area contributed by atoms with Crippen LogP contribution in [0.1, 0.15) is 24.4 Å². The third kappa shape index (κ3) is 3.78. The van der Waals surface area contributed by atoms with Crippen LogP contribution in [0.3, 0.4) is 0 Å². The summed E-state index contributed by atoms with van der Waals surface area (Å²) in [5.41, 5.74) is 7.93. The van der Waals surface area contributed by atoms with Gasteiger partial charge in [0.1, 0.15) is 5.75 Å². The molecule has 1 atom stereocenters. The van der Waals surface area contributed by atoms with E-state index < -0.39 is 0 Å². The number of phenols is 1. The fourth-order valence-corrected chi connectivity index (χ4v) is 3.65. The molecule has 5 nitrogen and oxygen atoms in total. The molecule has 0 amide bonds. The molecule has 0 bridgehead atoms. The van der Waals surface area contributed by atoms with E-state index in [1.165, 1.54) is 6.07 Å². The lowest BCUT2D eigenvalue weighted by Crippen LogP contribution is -2.38. The van der Waals surface area contributed by atoms with Crippen molar-refractivity contribution < 1.29 is 5.11 Å². The van der Waals surface area contributed by atoms with Gasteiger partial charge in [-0.1, -0.05) is 23.2 Å². The number of aromatic nitrogens is 1. The molecular weight excluding hydrogens is 361 g/mol. The largest absolute Gasteiger partial charge is 0.508 e. The molecule has 25 heavy (non-hydrogen) atoms. The van der Waals surface area contributed by atoms with Crippen molar-refractivity contribution in [3.8, 4) is 5.75 Å². The maximum atomic E-state index is 11.8. The highest BCUT2D eigenvalue weighted by molar-refractivity contribution is 6.42. The fraction of sp³-hybridized carbons (Fsp3) is 0.389. The van der Waals surface area contributed by atoms with Crippen LogP contribution in [-0.2, 0) is 7.05 Å². The van der Waals surface area contributed by atoms with Crippen LogP contribution in [-0.4, -0.2) is 22.8 Å². The minimum atomic E-state index is -0.305. The van der Waals surface area contributed by atoms with E-state index in [0.717, 1.165) is 31.6 Å². The Morgan fingerprint density at radius 2 is 1.84 bits per heavy atom. The summed E-state index contributed by atoms with van der Waals surface area (Å²) in [5.74, 6) is 0.307. The van der Waals surface area contributed by atoms with Crippen molar-refractivity contribution in [1.82, 2.24) is 4.57 Å². The summed E-state index contributed by atoms with van der Waals surface area (Å²) >= 11 is 12.0. The highest BCUT2D eigenvalue weighted by atomic mass is 35.5. The molecule has 0 unspecified atom stereocenters. The maximum absolute atomic E-state index is 11.8. The summed E-state index contributed by atoms with van der Waals surface area (Å²) in [5, 5.41) is 10.8. The van der Waals surface area contributed by atoms with E-state index in [-0.39, 0.29) is 23.3 Å². The van der Waals surface area contributed by atoms with Gasteiger partial charge in [0.05, 0.1) is 10.0 Å². The highest BCUT2D eigenvalue weighted by Gasteiger charge is 2.27. The Kier molecular flexibility index (Phi) is 5.27. The monoisotopic (exact) mass is 381 g/mol. The van der Waals surface area contributed by atoms with Gasteiger partial charge in [0.25, 0.3) is 5.56 Å². The zero-order valence-electron chi connectivity index (χ0n) is 14.0. The topological polar surface area (TPSA) is 71.5 Å². The summed E-state index contributed by atoms with van der Waals surface area (Å²) in [6.07, 6.45) is 3.52. The van der Waals surface area contributed by atoms with Crippen LogP contribution < -0.4 is 16.2 Å². The molecule has 0 radical (unpaired) electrons. The van der Waals surface area contributed by atoms with Crippen LogP contribution in [0.2, 0.25) is 10.0 Å². The fourth-order valence-electron chi connectivity index (χ4n) is 3.32. The van der Waals surface area contributed by atoms with Gasteiger partial charge in [-0.3, -0.25) is 4.79 Å². The summed E-state index contributed by atoms with van der Waals surface area (Å²) in [6.45, 7) is 1.63. The SMILES string of the molecule is Cn1ccc(N2CCC([C@@H](N)c3cc(Cl)c(Cl)cc3O)CC2)cc1=O. The number of pyridine rings is 1. The number of halogens is 2. The van der Waals surface area contributed by atoms with Crippen LogP contribution in [0.15, 0.2) is 35.3 Å². The second-order valence-electron chi connectivity index (χ2n) is 6.51. The van der Waals surface area contributed by atoms with E-state index >= 15 is 0 Å². The predicted molar refractivity (Wildman–Crippen MR) is 102 cm³/mol. The average molecular weight is 382 g/mol. The van der Waals surface area contributed by atoms with Crippen molar-refractivity contribution in [2.45, 2.75) is 18.9 Å². The number of rotatable bonds is 3. The molecule has 3 N–H and O–H groups in total. The van der Waals surface area contributed by atoms with E-state index in [1.807, 2.05) is 6.07 Å². The van der Waals surface area contributed by atoms with Crippen LogP contribution in [0, 0.1) is 5.92 Å². The predicted octanol–water partition coefficient (Wildman–Crippen LogP) is 3.31. The minimum absolute atomic E-state index is 0.0166. The Balaban J connectivity index is 1.70. The Morgan fingerprint density at radius 3 is 2.48 bits per heavy atom. The average Bonchev–Trinajstić information content (AvgIpc) is 2.60. The van der Waals surface area contributed by atoms with Crippen LogP contribution >= 0.6 is 23.2 Å². The van der Waals surface area contributed by atoms with Gasteiger partial charge in [-0.15, -0.1) is 0 Å². The van der Waals surface area contributed by atoms with Crippen LogP contribution in [0.25, 0.3) is 0 Å². The first kappa shape index (κ1) is 18.1. The standard InChI is InChI=1S/C18H21Cl2N3O2/c1-22-5-4-12(8-17(22)25)23-6-2-11(3-7-23)18(21)13-9-14(19)15(20)10-16(13)24/h4-5,8-11,18,24H,2-3,6-7,21H2,1H3/t18-/m1/s1. The number of hydrogen-bond donors (Lipinski definition) is 2. The van der Waals surface area contributed by atoms with Gasteiger partial charge in [-0.25, -0.2) is 0 Å². The Bertz CT molecular complexity index is 830. The molecule has 1 fully saturated rings. The Labute approximate surface area is 156 Å². The van der Waals surface area contributed by atoms with E-state index in [2.05, 4.69) is 4.90 Å². The van der Waals surface area contributed by atoms with E-state index in [4.69, 9.17) is 28.9 Å². The zero-order valence-corrected chi connectivity index (χ0v) is 15.5. The van der Waals surface area contributed by atoms with E-state index in [9.17, 15) is 9.90 Å². The lowest BCUT2D eigenvalue weighted by Gasteiger charge is -2.36. The number of aromatic hydroxyl groups is 1. The number of nitrogens with two attached hydrogens (primary N) is 1. The summed E-state index contributed by atoms with van der Waals surface area (Å²) in [7, 11) is 1.74. The van der Waals surface area contributed by atoms with Crippen molar-refractivity contribution in [3.05, 3.63) is 56.4 Å². The van der Waals surface area contributed by atoms with Gasteiger partial charge in [0.15, 0.2) is 0 Å². The Hall–Kier alpha value is -1.69. The van der Waals surface area contributed by atoms with Gasteiger partial charge in [0, 0.05) is 55.8 Å². The first-order chi connectivity index (χ1) is 11.9. The molecule has 1 aliphatic heterocycles. The first-order valence-electron chi connectivity index (χ1n) is 8.22. The van der Waals surface area contributed by atoms with Crippen molar-refractivity contribution in [3.63, 3.8) is 0 Å². The number of aryl methyl sites for hydroxylation is 1. The molecule has 0 aliphatic carbocycles. The molecule has 134 valence electrons. The minimum Gasteiger partial charge on any atom is -0.508 e. The normalized spacial score (nSPS) is 16.9. The van der Waals surface area contributed by atoms with Crippen molar-refractivity contribution in [2.75, 3.05) is 18.0 Å². The number of phenolic OH excluding ortho intramolecular Hbond substituents is 1. The van der Waals surface area contributed by atoms with Gasteiger partial charge in [0.2, 0.25) is 0 Å². The van der Waals surface area contributed by atoms with Crippen molar-refractivity contribution in [2.24, 2.45) is 18.7 Å². The second kappa shape index (κ2) is 7.28. The molecule has 0 saturated carbocycles. The quantitative estimate of drug-likeness (QED) is 0.855. The third-order valence-electron chi connectivity index (χ3n) is 4.93. The zero-order chi connectivity index (χ0) is 18.1. The number of benzene rings is 1. The lowest BCUT2D eigenvalue weighted by atomic mass is 9.85. The van der Waals surface area contributed by atoms with Gasteiger partial charge < -0.3 is 20.3 Å². The molecule has 1 aromatic heterocycles. The molecule has 1 aromatic carbocycles. The second-order valence-corrected chi connectivity index (χ2v) is 7.32. The third-order valence-corrected chi connectivity index (χ3v) is 5.65. The van der Waals surface area contributed by atoms with Crippen molar-refractivity contribution in [1.29, 1.82) is 0 Å². The van der Waals surface area contributed by atoms with E-state index in [1.54, 1.807) is 29.9 Å². The number of nitrogens with zero attached hydrogens (tertiary/aromatic N) is 2. The number of hydrogen-bond acceptors (Lipinski definition) is 4. The molecule has 1 aliphatic rings. The smallest absolute Gasteiger partial charge is 0.252 e. The molecule has 7 heteroatoms. The van der Waals surface area contributed by atoms with E-state index in [0.29, 0.717) is 15.6 Å². The van der Waals surface area contributed by atoms with Crippen molar-refractivity contribution >= 4 is 28.9 Å². The molecule has 0 spiro atoms. The van der Waals surface area contributed by atoms with Crippen LogP contribution in [0.4, 0.5) is 5.69 Å². The summed E-state index contributed by atoms with van der Waals surface area (Å²) < 4.78 is 1.55. The number of anilines is 1. The molecule has 2 aromatic rings. The van der Waals surface area contributed by atoms with Gasteiger partial charge in [-0.2, -0.15) is 0 Å². The van der Waals surface area contributed by atoms with Gasteiger partial charge >= 0.3 is 0 Å². The molecule has 2 heterocycles. The first-order valence-corrected chi connectivity index (χ1v) is 8.97. The lowest BCUT2D eigenvalue weighted by molar-refractivity contribution is 0.337.